The van der Waals surface area contributed by atoms with Gasteiger partial charge in [0.25, 0.3) is 0 Å². The van der Waals surface area contributed by atoms with Crippen LogP contribution in [0.2, 0.25) is 0 Å². The van der Waals surface area contributed by atoms with E-state index in [1.807, 2.05) is 31.2 Å². The molecule has 1 saturated carbocycles. The summed E-state index contributed by atoms with van der Waals surface area (Å²) in [6, 6.07) is 7.70. The summed E-state index contributed by atoms with van der Waals surface area (Å²) in [7, 11) is 0. The Balaban J connectivity index is 1.95. The van der Waals surface area contributed by atoms with Crippen LogP contribution in [0.4, 0.5) is 11.4 Å². The summed E-state index contributed by atoms with van der Waals surface area (Å²) in [6.45, 7) is 3.05. The fourth-order valence-corrected chi connectivity index (χ4v) is 3.39. The molecule has 4 N–H and O–H groups in total. The van der Waals surface area contributed by atoms with E-state index < -0.39 is 5.60 Å². The van der Waals surface area contributed by atoms with Crippen LogP contribution >= 0.6 is 0 Å². The van der Waals surface area contributed by atoms with Gasteiger partial charge in [-0.05, 0) is 25.8 Å². The number of aromatic nitrogens is 1. The van der Waals surface area contributed by atoms with Crippen molar-refractivity contribution >= 4 is 22.3 Å². The van der Waals surface area contributed by atoms with Crippen molar-refractivity contribution in [3.8, 4) is 0 Å². The van der Waals surface area contributed by atoms with Crippen molar-refractivity contribution in [2.24, 2.45) is 0 Å². The van der Waals surface area contributed by atoms with Gasteiger partial charge in [-0.3, -0.25) is 4.98 Å². The first kappa shape index (κ1) is 16.0. The molecule has 0 radical (unpaired) electrons. The molecule has 5 heteroatoms. The number of nitrogens with two attached hydrogens (primary N) is 1. The van der Waals surface area contributed by atoms with Gasteiger partial charge in [-0.2, -0.15) is 0 Å². The maximum Gasteiger partial charge on any atom is 0.0870 e. The number of aliphatic hydroxyl groups is 1. The molecule has 5 nitrogen and oxygen atoms in total. The minimum Gasteiger partial charge on any atom is -0.396 e. The summed E-state index contributed by atoms with van der Waals surface area (Å²) in [4.78, 5) is 4.37. The molecular formula is C18H25N3O2. The van der Waals surface area contributed by atoms with Crippen molar-refractivity contribution in [2.45, 2.75) is 44.2 Å². The fraction of sp³-hybridized carbons (Fsp3) is 0.500. The van der Waals surface area contributed by atoms with Crippen LogP contribution < -0.4 is 11.1 Å². The number of para-hydroxylation sites is 1. The molecule has 124 valence electrons. The van der Waals surface area contributed by atoms with Gasteiger partial charge in [0, 0.05) is 12.0 Å². The summed E-state index contributed by atoms with van der Waals surface area (Å²) < 4.78 is 5.62. The van der Waals surface area contributed by atoms with E-state index in [1.54, 1.807) is 6.20 Å². The Morgan fingerprint density at radius 1 is 1.35 bits per heavy atom. The third-order valence-electron chi connectivity index (χ3n) is 4.73. The van der Waals surface area contributed by atoms with E-state index in [-0.39, 0.29) is 6.04 Å². The van der Waals surface area contributed by atoms with E-state index in [2.05, 4.69) is 10.3 Å². The number of nitrogens with zero attached hydrogens (tertiary/aromatic N) is 1. The Kier molecular flexibility index (Phi) is 4.68. The molecule has 1 atom stereocenters. The zero-order valence-corrected chi connectivity index (χ0v) is 13.6. The molecule has 1 unspecified atom stereocenters. The largest absolute Gasteiger partial charge is 0.396 e. The Bertz CT molecular complexity index is 668. The number of ether oxygens (including phenoxy) is 1. The molecule has 3 rings (SSSR count). The first-order valence-corrected chi connectivity index (χ1v) is 8.34. The van der Waals surface area contributed by atoms with Gasteiger partial charge in [-0.25, -0.2) is 0 Å². The third kappa shape index (κ3) is 3.26. The predicted molar refractivity (Wildman–Crippen MR) is 93.5 cm³/mol. The van der Waals surface area contributed by atoms with Crippen LogP contribution in [0.5, 0.6) is 0 Å². The highest BCUT2D eigenvalue weighted by atomic mass is 16.5. The van der Waals surface area contributed by atoms with Crippen molar-refractivity contribution < 1.29 is 9.84 Å². The van der Waals surface area contributed by atoms with E-state index in [4.69, 9.17) is 10.5 Å². The lowest BCUT2D eigenvalue weighted by Crippen LogP contribution is -2.48. The van der Waals surface area contributed by atoms with Crippen LogP contribution in [0.1, 0.15) is 32.6 Å². The van der Waals surface area contributed by atoms with E-state index in [1.165, 1.54) is 0 Å². The molecular weight excluding hydrogens is 290 g/mol. The number of nitrogens with one attached hydrogen (secondary N) is 1. The number of fused-ring (bicyclic) bond motifs is 1. The first-order chi connectivity index (χ1) is 11.1. The number of hydrogen-bond acceptors (Lipinski definition) is 5. The fourth-order valence-electron chi connectivity index (χ4n) is 3.39. The highest BCUT2D eigenvalue weighted by Crippen LogP contribution is 2.36. The van der Waals surface area contributed by atoms with Gasteiger partial charge >= 0.3 is 0 Å². The zero-order chi connectivity index (χ0) is 16.3. The summed E-state index contributed by atoms with van der Waals surface area (Å²) in [5, 5.41) is 15.4. The summed E-state index contributed by atoms with van der Waals surface area (Å²) in [6.07, 6.45) is 5.35. The molecule has 1 aliphatic carbocycles. The molecule has 23 heavy (non-hydrogen) atoms. The van der Waals surface area contributed by atoms with E-state index in [0.29, 0.717) is 18.9 Å². The smallest absolute Gasteiger partial charge is 0.0870 e. The number of benzene rings is 1. The Labute approximate surface area is 136 Å². The van der Waals surface area contributed by atoms with Crippen molar-refractivity contribution in [3.05, 3.63) is 30.5 Å². The number of hydrogen-bond donors (Lipinski definition) is 3. The molecule has 1 aromatic heterocycles. The Morgan fingerprint density at radius 2 is 2.09 bits per heavy atom. The quantitative estimate of drug-likeness (QED) is 0.763. The molecule has 1 aliphatic rings. The van der Waals surface area contributed by atoms with Gasteiger partial charge < -0.3 is 20.9 Å². The van der Waals surface area contributed by atoms with Crippen LogP contribution in [-0.4, -0.2) is 34.9 Å². The molecule has 0 saturated heterocycles. The molecule has 0 aliphatic heterocycles. The van der Waals surface area contributed by atoms with Crippen molar-refractivity contribution in [2.75, 3.05) is 24.3 Å². The van der Waals surface area contributed by atoms with E-state index >= 15 is 0 Å². The lowest BCUT2D eigenvalue weighted by molar-refractivity contribution is -0.00495. The monoisotopic (exact) mass is 315 g/mol. The molecule has 2 aromatic rings. The van der Waals surface area contributed by atoms with Gasteiger partial charge in [-0.1, -0.05) is 31.0 Å². The lowest BCUT2D eigenvalue weighted by atomic mass is 9.92. The van der Waals surface area contributed by atoms with Crippen molar-refractivity contribution in [1.29, 1.82) is 0 Å². The van der Waals surface area contributed by atoms with Crippen LogP contribution in [0.15, 0.2) is 30.5 Å². The lowest BCUT2D eigenvalue weighted by Gasteiger charge is -2.34. The molecule has 0 spiro atoms. The first-order valence-electron chi connectivity index (χ1n) is 8.34. The molecule has 0 bridgehead atoms. The summed E-state index contributed by atoms with van der Waals surface area (Å²) in [5.41, 5.74) is 7.72. The standard InChI is InChI=1S/C18H25N3O2/c1-2-23-12-16(18(22)9-5-6-10-18)21-17-13-7-3-4-8-15(13)20-11-14(17)19/h3-4,7-8,11,16,22H,2,5-6,9-10,12,19H2,1H3,(H,20,21). The average Bonchev–Trinajstić information content (AvgIpc) is 3.01. The normalized spacial score (nSPS) is 18.2. The molecule has 1 aromatic carbocycles. The molecule has 1 heterocycles. The predicted octanol–water partition coefficient (Wildman–Crippen LogP) is 2.94. The number of anilines is 2. The van der Waals surface area contributed by atoms with Gasteiger partial charge in [0.1, 0.15) is 0 Å². The van der Waals surface area contributed by atoms with Gasteiger partial charge in [0.05, 0.1) is 41.3 Å². The van der Waals surface area contributed by atoms with Crippen LogP contribution in [0.25, 0.3) is 10.9 Å². The number of nitrogen functional groups attached to an aromatic ring is 1. The minimum atomic E-state index is -0.744. The maximum absolute atomic E-state index is 11.0. The van der Waals surface area contributed by atoms with Gasteiger partial charge in [-0.15, -0.1) is 0 Å². The van der Waals surface area contributed by atoms with Crippen LogP contribution in [0.3, 0.4) is 0 Å². The highest BCUT2D eigenvalue weighted by molar-refractivity contribution is 5.97. The second-order valence-corrected chi connectivity index (χ2v) is 6.27. The van der Waals surface area contributed by atoms with E-state index in [9.17, 15) is 5.11 Å². The third-order valence-corrected chi connectivity index (χ3v) is 4.73. The van der Waals surface area contributed by atoms with E-state index in [0.717, 1.165) is 42.3 Å². The number of pyridine rings is 1. The zero-order valence-electron chi connectivity index (χ0n) is 13.6. The van der Waals surface area contributed by atoms with Crippen LogP contribution in [-0.2, 0) is 4.74 Å². The average molecular weight is 315 g/mol. The van der Waals surface area contributed by atoms with Gasteiger partial charge in [0.15, 0.2) is 0 Å². The maximum atomic E-state index is 11.0. The minimum absolute atomic E-state index is 0.182. The topological polar surface area (TPSA) is 80.4 Å². The second-order valence-electron chi connectivity index (χ2n) is 6.27. The summed E-state index contributed by atoms with van der Waals surface area (Å²) in [5.74, 6) is 0. The Hall–Kier alpha value is -1.85. The van der Waals surface area contributed by atoms with Crippen LogP contribution in [0, 0.1) is 0 Å². The SMILES string of the molecule is CCOCC(Nc1c(N)cnc2ccccc12)C1(O)CCCC1. The molecule has 0 amide bonds. The van der Waals surface area contributed by atoms with Crippen molar-refractivity contribution in [3.63, 3.8) is 0 Å². The van der Waals surface area contributed by atoms with Crippen molar-refractivity contribution in [1.82, 2.24) is 4.98 Å². The van der Waals surface area contributed by atoms with Gasteiger partial charge in [0.2, 0.25) is 0 Å². The second kappa shape index (κ2) is 6.72. The molecule has 1 fully saturated rings. The Morgan fingerprint density at radius 3 is 2.83 bits per heavy atom. The highest BCUT2D eigenvalue weighted by Gasteiger charge is 2.40. The number of rotatable bonds is 6. The summed E-state index contributed by atoms with van der Waals surface area (Å²) >= 11 is 0.